The van der Waals surface area contributed by atoms with Crippen molar-refractivity contribution in [2.45, 2.75) is 25.7 Å². The summed E-state index contributed by atoms with van der Waals surface area (Å²) in [6.07, 6.45) is 3.91. The fourth-order valence-corrected chi connectivity index (χ4v) is 3.99. The Balaban J connectivity index is 1.26. The Morgan fingerprint density at radius 2 is 2.03 bits per heavy atom. The van der Waals surface area contributed by atoms with Gasteiger partial charge in [-0.2, -0.15) is 0 Å². The second-order valence-electron chi connectivity index (χ2n) is 7.42. The number of benzene rings is 2. The smallest absolute Gasteiger partial charge is 0.246 e. The minimum Gasteiger partial charge on any atom is -0.493 e. The van der Waals surface area contributed by atoms with Crippen molar-refractivity contribution in [3.8, 4) is 5.75 Å². The van der Waals surface area contributed by atoms with Crippen molar-refractivity contribution in [3.63, 3.8) is 0 Å². The van der Waals surface area contributed by atoms with E-state index in [9.17, 15) is 4.79 Å². The van der Waals surface area contributed by atoms with Gasteiger partial charge in [0.05, 0.1) is 13.2 Å². The number of nitrogens with zero attached hydrogens (tertiary/aromatic N) is 2. The molecule has 0 radical (unpaired) electrons. The van der Waals surface area contributed by atoms with Gasteiger partial charge in [-0.15, -0.1) is 0 Å². The first-order valence-electron chi connectivity index (χ1n) is 10.3. The highest BCUT2D eigenvalue weighted by Crippen LogP contribution is 2.27. The normalized spacial score (nSPS) is 15.3. The van der Waals surface area contributed by atoms with Crippen LogP contribution in [0.3, 0.4) is 0 Å². The van der Waals surface area contributed by atoms with E-state index in [0.717, 1.165) is 56.8 Å². The first-order valence-corrected chi connectivity index (χ1v) is 10.3. The molecule has 1 amide bonds. The molecule has 2 N–H and O–H groups in total. The second kappa shape index (κ2) is 8.99. The summed E-state index contributed by atoms with van der Waals surface area (Å²) in [6.45, 7) is 2.53. The Morgan fingerprint density at radius 3 is 2.93 bits per heavy atom. The maximum Gasteiger partial charge on any atom is 0.246 e. The van der Waals surface area contributed by atoms with E-state index in [1.165, 1.54) is 16.7 Å². The third-order valence-corrected chi connectivity index (χ3v) is 5.50. The molecule has 152 valence electrons. The number of ether oxygens (including phenoxy) is 1. The van der Waals surface area contributed by atoms with Gasteiger partial charge < -0.3 is 20.3 Å². The predicted molar refractivity (Wildman–Crippen MR) is 116 cm³/mol. The summed E-state index contributed by atoms with van der Waals surface area (Å²) in [7, 11) is 1.72. The standard InChI is InChI=1S/C23H28N4O2/c1-24-23(25-12-10-17-8-9-21-19(15-17)11-14-29-21)26-16-22(28)27-13-4-6-18-5-2-3-7-20(18)27/h2-3,5,7-9,15H,4,6,10-14,16H2,1H3,(H2,24,25,26). The highest BCUT2D eigenvalue weighted by atomic mass is 16.5. The van der Waals surface area contributed by atoms with Crippen LogP contribution in [-0.4, -0.2) is 45.2 Å². The lowest BCUT2D eigenvalue weighted by Crippen LogP contribution is -2.46. The topological polar surface area (TPSA) is 66.0 Å². The number of guanidine groups is 1. The van der Waals surface area contributed by atoms with Gasteiger partial charge in [-0.25, -0.2) is 0 Å². The number of para-hydroxylation sites is 1. The average molecular weight is 393 g/mol. The third-order valence-electron chi connectivity index (χ3n) is 5.50. The van der Waals surface area contributed by atoms with Gasteiger partial charge in [-0.1, -0.05) is 30.3 Å². The molecule has 0 fully saturated rings. The summed E-state index contributed by atoms with van der Waals surface area (Å²) >= 11 is 0. The quantitative estimate of drug-likeness (QED) is 0.605. The Labute approximate surface area is 172 Å². The number of aliphatic imine (C=N–C) groups is 1. The summed E-state index contributed by atoms with van der Waals surface area (Å²) in [5.41, 5.74) is 4.85. The van der Waals surface area contributed by atoms with Crippen molar-refractivity contribution in [2.75, 3.05) is 38.2 Å². The summed E-state index contributed by atoms with van der Waals surface area (Å²) in [5.74, 6) is 1.73. The Bertz CT molecular complexity index is 910. The zero-order valence-electron chi connectivity index (χ0n) is 16.9. The molecular formula is C23H28N4O2. The third kappa shape index (κ3) is 4.53. The monoisotopic (exact) mass is 392 g/mol. The summed E-state index contributed by atoms with van der Waals surface area (Å²) < 4.78 is 5.56. The molecule has 0 bridgehead atoms. The van der Waals surface area contributed by atoms with Crippen LogP contribution in [0.1, 0.15) is 23.1 Å². The van der Waals surface area contributed by atoms with Crippen LogP contribution in [0.4, 0.5) is 5.69 Å². The number of aryl methyl sites for hydroxylation is 1. The van der Waals surface area contributed by atoms with Crippen molar-refractivity contribution >= 4 is 17.6 Å². The molecule has 29 heavy (non-hydrogen) atoms. The second-order valence-corrected chi connectivity index (χ2v) is 7.42. The average Bonchev–Trinajstić information content (AvgIpc) is 3.23. The molecule has 0 aliphatic carbocycles. The maximum absolute atomic E-state index is 12.8. The molecule has 4 rings (SSSR count). The van der Waals surface area contributed by atoms with Crippen LogP contribution in [0.5, 0.6) is 5.75 Å². The van der Waals surface area contributed by atoms with Gasteiger partial charge in [0.15, 0.2) is 5.96 Å². The lowest BCUT2D eigenvalue weighted by molar-refractivity contribution is -0.117. The first-order chi connectivity index (χ1) is 14.2. The van der Waals surface area contributed by atoms with Crippen LogP contribution in [-0.2, 0) is 24.1 Å². The van der Waals surface area contributed by atoms with Gasteiger partial charge in [0.2, 0.25) is 5.91 Å². The lowest BCUT2D eigenvalue weighted by atomic mass is 10.0. The largest absolute Gasteiger partial charge is 0.493 e. The number of rotatable bonds is 5. The Morgan fingerprint density at radius 1 is 1.14 bits per heavy atom. The molecule has 2 aromatic carbocycles. The highest BCUT2D eigenvalue weighted by molar-refractivity contribution is 5.98. The maximum atomic E-state index is 12.8. The molecular weight excluding hydrogens is 364 g/mol. The van der Waals surface area contributed by atoms with Crippen molar-refractivity contribution in [1.82, 2.24) is 10.6 Å². The van der Waals surface area contributed by atoms with Gasteiger partial charge in [-0.3, -0.25) is 9.79 Å². The fourth-order valence-electron chi connectivity index (χ4n) is 3.99. The molecule has 2 aliphatic heterocycles. The van der Waals surface area contributed by atoms with Crippen LogP contribution in [0.15, 0.2) is 47.5 Å². The van der Waals surface area contributed by atoms with E-state index >= 15 is 0 Å². The molecule has 0 saturated carbocycles. The number of carbonyl (C=O) groups excluding carboxylic acids is 1. The van der Waals surface area contributed by atoms with E-state index < -0.39 is 0 Å². The van der Waals surface area contributed by atoms with Crippen molar-refractivity contribution in [1.29, 1.82) is 0 Å². The van der Waals surface area contributed by atoms with E-state index in [1.54, 1.807) is 7.05 Å². The predicted octanol–water partition coefficient (Wildman–Crippen LogP) is 2.31. The summed E-state index contributed by atoms with van der Waals surface area (Å²) in [6, 6.07) is 14.5. The van der Waals surface area contributed by atoms with Crippen LogP contribution in [0, 0.1) is 0 Å². The van der Waals surface area contributed by atoms with Crippen molar-refractivity contribution in [3.05, 3.63) is 59.2 Å². The van der Waals surface area contributed by atoms with Crippen LogP contribution >= 0.6 is 0 Å². The molecule has 0 saturated heterocycles. The number of nitrogens with one attached hydrogen (secondary N) is 2. The van der Waals surface area contributed by atoms with Crippen molar-refractivity contribution in [2.24, 2.45) is 4.99 Å². The van der Waals surface area contributed by atoms with E-state index in [0.29, 0.717) is 5.96 Å². The van der Waals surface area contributed by atoms with E-state index in [-0.39, 0.29) is 12.5 Å². The molecule has 0 atom stereocenters. The number of hydrogen-bond acceptors (Lipinski definition) is 3. The van der Waals surface area contributed by atoms with Gasteiger partial charge in [-0.05, 0) is 48.1 Å². The van der Waals surface area contributed by atoms with E-state index in [1.807, 2.05) is 23.1 Å². The summed E-state index contributed by atoms with van der Waals surface area (Å²) in [5, 5.41) is 6.45. The molecule has 2 aliphatic rings. The molecule has 0 aromatic heterocycles. The molecule has 6 heteroatoms. The zero-order valence-corrected chi connectivity index (χ0v) is 16.9. The van der Waals surface area contributed by atoms with E-state index in [4.69, 9.17) is 4.74 Å². The zero-order chi connectivity index (χ0) is 20.1. The van der Waals surface area contributed by atoms with Gasteiger partial charge >= 0.3 is 0 Å². The molecule has 0 unspecified atom stereocenters. The van der Waals surface area contributed by atoms with Crippen LogP contribution in [0.25, 0.3) is 0 Å². The Hall–Kier alpha value is -3.02. The number of anilines is 1. The van der Waals surface area contributed by atoms with Crippen LogP contribution in [0.2, 0.25) is 0 Å². The molecule has 2 aromatic rings. The molecule has 2 heterocycles. The summed E-state index contributed by atoms with van der Waals surface area (Å²) in [4.78, 5) is 18.9. The fraction of sp³-hybridized carbons (Fsp3) is 0.391. The minimum absolute atomic E-state index is 0.0683. The Kier molecular flexibility index (Phi) is 5.98. The highest BCUT2D eigenvalue weighted by Gasteiger charge is 2.22. The number of hydrogen-bond donors (Lipinski definition) is 2. The van der Waals surface area contributed by atoms with Crippen LogP contribution < -0.4 is 20.3 Å². The number of carbonyl (C=O) groups is 1. The van der Waals surface area contributed by atoms with Crippen molar-refractivity contribution < 1.29 is 9.53 Å². The van der Waals surface area contributed by atoms with Gasteiger partial charge in [0, 0.05) is 32.2 Å². The molecule has 6 nitrogen and oxygen atoms in total. The van der Waals surface area contributed by atoms with E-state index in [2.05, 4.69) is 39.9 Å². The lowest BCUT2D eigenvalue weighted by Gasteiger charge is -2.29. The van der Waals surface area contributed by atoms with Gasteiger partial charge in [0.1, 0.15) is 5.75 Å². The van der Waals surface area contributed by atoms with Gasteiger partial charge in [0.25, 0.3) is 0 Å². The SMILES string of the molecule is CN=C(NCCc1ccc2c(c1)CCO2)NCC(=O)N1CCCc2ccccc21. The number of amides is 1. The first kappa shape index (κ1) is 19.3. The minimum atomic E-state index is 0.0683. The molecule has 0 spiro atoms. The number of fused-ring (bicyclic) bond motifs is 2.